The van der Waals surface area contributed by atoms with E-state index in [0.29, 0.717) is 18.4 Å². The zero-order chi connectivity index (χ0) is 10.6. The van der Waals surface area contributed by atoms with Gasteiger partial charge in [0.25, 0.3) is 0 Å². The van der Waals surface area contributed by atoms with Crippen LogP contribution in [0.2, 0.25) is 0 Å². The predicted molar refractivity (Wildman–Crippen MR) is 57.6 cm³/mol. The Bertz CT molecular complexity index is 393. The smallest absolute Gasteiger partial charge is 0.162 e. The lowest BCUT2D eigenvalue weighted by atomic mass is 10.0. The van der Waals surface area contributed by atoms with Crippen molar-refractivity contribution < 1.29 is 4.79 Å². The van der Waals surface area contributed by atoms with Gasteiger partial charge in [0, 0.05) is 16.9 Å². The third-order valence-electron chi connectivity index (χ3n) is 1.90. The molecular formula is C11H11NOS. The van der Waals surface area contributed by atoms with E-state index in [1.165, 1.54) is 0 Å². The van der Waals surface area contributed by atoms with E-state index in [4.69, 9.17) is 5.26 Å². The fraction of sp³-hybridized carbons (Fsp3) is 0.273. The van der Waals surface area contributed by atoms with Crippen molar-refractivity contribution in [2.45, 2.75) is 24.7 Å². The number of Topliss-reactive ketones (excluding diaryl/α,β-unsaturated/α-hetero) is 1. The molecule has 2 nitrogen and oxygen atoms in total. The molecule has 0 bridgehead atoms. The number of rotatable bonds is 3. The molecule has 0 unspecified atom stereocenters. The lowest BCUT2D eigenvalue weighted by Crippen LogP contribution is -1.98. The lowest BCUT2D eigenvalue weighted by Gasteiger charge is -2.02. The summed E-state index contributed by atoms with van der Waals surface area (Å²) in [5.74, 6) is 0.0834. The molecule has 0 aliphatic heterocycles. The molecule has 0 radical (unpaired) electrons. The number of nitriles is 1. The fourth-order valence-electron chi connectivity index (χ4n) is 1.23. The minimum Gasteiger partial charge on any atom is -0.294 e. The third kappa shape index (κ3) is 2.61. The predicted octanol–water partition coefficient (Wildman–Crippen LogP) is 2.63. The van der Waals surface area contributed by atoms with E-state index >= 15 is 0 Å². The summed E-state index contributed by atoms with van der Waals surface area (Å²) in [6.45, 7) is 1.82. The average molecular weight is 205 g/mol. The molecular weight excluding hydrogens is 194 g/mol. The van der Waals surface area contributed by atoms with Crippen molar-refractivity contribution in [2.75, 3.05) is 0 Å². The highest BCUT2D eigenvalue weighted by Crippen LogP contribution is 2.15. The number of carbonyl (C=O) groups is 1. The number of nitrogens with zero attached hydrogens (tertiary/aromatic N) is 1. The van der Waals surface area contributed by atoms with Crippen LogP contribution in [0.25, 0.3) is 0 Å². The molecule has 0 aromatic heterocycles. The zero-order valence-electron chi connectivity index (χ0n) is 7.95. The molecule has 0 atom stereocenters. The summed E-state index contributed by atoms with van der Waals surface area (Å²) in [6, 6.07) is 7.35. The van der Waals surface area contributed by atoms with Gasteiger partial charge >= 0.3 is 0 Å². The van der Waals surface area contributed by atoms with Gasteiger partial charge < -0.3 is 0 Å². The maximum absolute atomic E-state index is 11.4. The van der Waals surface area contributed by atoms with E-state index < -0.39 is 0 Å². The van der Waals surface area contributed by atoms with Crippen molar-refractivity contribution in [3.05, 3.63) is 29.3 Å². The Morgan fingerprint density at radius 1 is 1.50 bits per heavy atom. The second kappa shape index (κ2) is 4.83. The Kier molecular flexibility index (Phi) is 3.73. The Morgan fingerprint density at radius 2 is 2.21 bits per heavy atom. The summed E-state index contributed by atoms with van der Waals surface area (Å²) in [5.41, 5.74) is 1.49. The van der Waals surface area contributed by atoms with Gasteiger partial charge in [-0.2, -0.15) is 5.26 Å². The van der Waals surface area contributed by atoms with Crippen LogP contribution in [-0.4, -0.2) is 5.78 Å². The number of thiol groups is 1. The molecule has 0 aliphatic rings. The molecule has 1 aromatic carbocycles. The Morgan fingerprint density at radius 3 is 2.79 bits per heavy atom. The first-order valence-electron chi connectivity index (χ1n) is 4.40. The molecule has 0 fully saturated rings. The molecule has 0 heterocycles. The van der Waals surface area contributed by atoms with Gasteiger partial charge in [-0.1, -0.05) is 6.92 Å². The normalized spacial score (nSPS) is 9.50. The number of hydrogen-bond acceptors (Lipinski definition) is 3. The van der Waals surface area contributed by atoms with Crippen LogP contribution in [0.5, 0.6) is 0 Å². The average Bonchev–Trinajstić information content (AvgIpc) is 2.16. The lowest BCUT2D eigenvalue weighted by molar-refractivity contribution is 0.0988. The number of ketones is 1. The topological polar surface area (TPSA) is 40.9 Å². The molecule has 0 spiro atoms. The van der Waals surface area contributed by atoms with Crippen LogP contribution in [0.3, 0.4) is 0 Å². The molecule has 0 aliphatic carbocycles. The molecule has 0 saturated carbocycles. The number of carbonyl (C=O) groups excluding carboxylic acids is 1. The third-order valence-corrected chi connectivity index (χ3v) is 2.16. The van der Waals surface area contributed by atoms with Crippen molar-refractivity contribution in [3.8, 4) is 6.07 Å². The van der Waals surface area contributed by atoms with E-state index in [2.05, 4.69) is 18.7 Å². The standard InChI is InChI=1S/C11H11NOS/c1-2-11(13)9-5-8(3-4-12)6-10(14)7-9/h5-7,14H,2-3H2,1H3. The summed E-state index contributed by atoms with van der Waals surface area (Å²) in [6.07, 6.45) is 0.793. The van der Waals surface area contributed by atoms with E-state index in [0.717, 1.165) is 10.5 Å². The van der Waals surface area contributed by atoms with Gasteiger partial charge in [-0.15, -0.1) is 12.6 Å². The van der Waals surface area contributed by atoms with E-state index in [1.54, 1.807) is 18.2 Å². The van der Waals surface area contributed by atoms with E-state index in [1.807, 2.05) is 6.92 Å². The van der Waals surface area contributed by atoms with Crippen LogP contribution in [0.15, 0.2) is 23.1 Å². The second-order valence-corrected chi connectivity index (χ2v) is 3.52. The van der Waals surface area contributed by atoms with E-state index in [-0.39, 0.29) is 5.78 Å². The van der Waals surface area contributed by atoms with Gasteiger partial charge in [0.1, 0.15) is 0 Å². The highest BCUT2D eigenvalue weighted by atomic mass is 32.1. The Hall–Kier alpha value is -1.27. The van der Waals surface area contributed by atoms with Crippen LogP contribution >= 0.6 is 12.6 Å². The van der Waals surface area contributed by atoms with Gasteiger partial charge in [-0.25, -0.2) is 0 Å². The van der Waals surface area contributed by atoms with Crippen LogP contribution in [-0.2, 0) is 6.42 Å². The van der Waals surface area contributed by atoms with Gasteiger partial charge in [-0.3, -0.25) is 4.79 Å². The quantitative estimate of drug-likeness (QED) is 0.608. The van der Waals surface area contributed by atoms with Crippen molar-refractivity contribution in [1.29, 1.82) is 5.26 Å². The SMILES string of the molecule is CCC(=O)c1cc(S)cc(CC#N)c1. The van der Waals surface area contributed by atoms with Crippen LogP contribution in [0.1, 0.15) is 29.3 Å². The molecule has 0 amide bonds. The first-order valence-corrected chi connectivity index (χ1v) is 4.85. The van der Waals surface area contributed by atoms with Crippen molar-refractivity contribution in [2.24, 2.45) is 0 Å². The first kappa shape index (κ1) is 10.8. The highest BCUT2D eigenvalue weighted by molar-refractivity contribution is 7.80. The number of benzene rings is 1. The summed E-state index contributed by atoms with van der Waals surface area (Å²) in [7, 11) is 0. The number of hydrogen-bond donors (Lipinski definition) is 1. The van der Waals surface area contributed by atoms with Gasteiger partial charge in [0.05, 0.1) is 12.5 Å². The van der Waals surface area contributed by atoms with Crippen molar-refractivity contribution in [3.63, 3.8) is 0 Å². The maximum Gasteiger partial charge on any atom is 0.162 e. The molecule has 72 valence electrons. The molecule has 14 heavy (non-hydrogen) atoms. The fourth-order valence-corrected chi connectivity index (χ4v) is 1.54. The monoisotopic (exact) mass is 205 g/mol. The molecule has 0 saturated heterocycles. The Balaban J connectivity index is 3.08. The highest BCUT2D eigenvalue weighted by Gasteiger charge is 2.05. The summed E-state index contributed by atoms with van der Waals surface area (Å²) >= 11 is 4.19. The minimum absolute atomic E-state index is 0.0834. The van der Waals surface area contributed by atoms with Gasteiger partial charge in [-0.05, 0) is 23.8 Å². The van der Waals surface area contributed by atoms with Crippen molar-refractivity contribution in [1.82, 2.24) is 0 Å². The van der Waals surface area contributed by atoms with Crippen molar-refractivity contribution >= 4 is 18.4 Å². The molecule has 3 heteroatoms. The minimum atomic E-state index is 0.0834. The van der Waals surface area contributed by atoms with Crippen LogP contribution in [0, 0.1) is 11.3 Å². The first-order chi connectivity index (χ1) is 6.67. The van der Waals surface area contributed by atoms with E-state index in [9.17, 15) is 4.79 Å². The molecule has 0 N–H and O–H groups in total. The summed E-state index contributed by atoms with van der Waals surface area (Å²) in [4.78, 5) is 12.1. The summed E-state index contributed by atoms with van der Waals surface area (Å²) in [5, 5.41) is 8.54. The van der Waals surface area contributed by atoms with Gasteiger partial charge in [0.2, 0.25) is 0 Å². The molecule has 1 rings (SSSR count). The largest absolute Gasteiger partial charge is 0.294 e. The summed E-state index contributed by atoms with van der Waals surface area (Å²) < 4.78 is 0. The Labute approximate surface area is 89.0 Å². The molecule has 1 aromatic rings. The van der Waals surface area contributed by atoms with Crippen LogP contribution < -0.4 is 0 Å². The second-order valence-electron chi connectivity index (χ2n) is 3.00. The van der Waals surface area contributed by atoms with Crippen LogP contribution in [0.4, 0.5) is 0 Å². The maximum atomic E-state index is 11.4. The zero-order valence-corrected chi connectivity index (χ0v) is 8.84. The van der Waals surface area contributed by atoms with Gasteiger partial charge in [0.15, 0.2) is 5.78 Å².